The van der Waals surface area contributed by atoms with E-state index in [1.54, 1.807) is 12.1 Å². The molecule has 156 valence electrons. The van der Waals surface area contributed by atoms with Crippen molar-refractivity contribution in [1.29, 1.82) is 0 Å². The summed E-state index contributed by atoms with van der Waals surface area (Å²) in [5.74, 6) is -3.91. The van der Waals surface area contributed by atoms with E-state index in [0.717, 1.165) is 41.5 Å². The Labute approximate surface area is 176 Å². The molecule has 31 heavy (non-hydrogen) atoms. The van der Waals surface area contributed by atoms with Gasteiger partial charge in [-0.3, -0.25) is 9.59 Å². The molecule has 0 saturated heterocycles. The third-order valence-electron chi connectivity index (χ3n) is 5.14. The van der Waals surface area contributed by atoms with Crippen molar-refractivity contribution < 1.29 is 22.8 Å². The smallest absolute Gasteiger partial charge is 0.282 e. The summed E-state index contributed by atoms with van der Waals surface area (Å²) >= 11 is 0. The van der Waals surface area contributed by atoms with Crippen LogP contribution in [-0.4, -0.2) is 11.8 Å². The van der Waals surface area contributed by atoms with Gasteiger partial charge in [0.25, 0.3) is 11.8 Å². The van der Waals surface area contributed by atoms with Crippen LogP contribution in [0.4, 0.5) is 24.5 Å². The first-order valence-corrected chi connectivity index (χ1v) is 9.44. The van der Waals surface area contributed by atoms with Gasteiger partial charge >= 0.3 is 0 Å². The number of nitrogens with zero attached hydrogens (tertiary/aromatic N) is 1. The van der Waals surface area contributed by atoms with E-state index in [0.29, 0.717) is 10.6 Å². The van der Waals surface area contributed by atoms with Gasteiger partial charge in [-0.15, -0.1) is 0 Å². The SMILES string of the molecule is Cc1ccc(NC2=C(c3ccc(F)cc3)C(=O)N(c3cc(F)ccc3F)C2=O)cc1C. The molecule has 0 bridgehead atoms. The molecule has 0 atom stereocenters. The fourth-order valence-electron chi connectivity index (χ4n) is 3.37. The van der Waals surface area contributed by atoms with E-state index in [-0.39, 0.29) is 16.8 Å². The van der Waals surface area contributed by atoms with Crippen molar-refractivity contribution in [2.45, 2.75) is 13.8 Å². The maximum absolute atomic E-state index is 14.4. The first kappa shape index (κ1) is 20.4. The molecule has 0 fully saturated rings. The van der Waals surface area contributed by atoms with Gasteiger partial charge in [0.05, 0.1) is 11.3 Å². The van der Waals surface area contributed by atoms with Gasteiger partial charge in [-0.2, -0.15) is 0 Å². The molecule has 1 heterocycles. The number of hydrogen-bond acceptors (Lipinski definition) is 3. The number of benzene rings is 3. The van der Waals surface area contributed by atoms with Gasteiger partial charge in [0.15, 0.2) is 0 Å². The van der Waals surface area contributed by atoms with Crippen molar-refractivity contribution in [2.24, 2.45) is 0 Å². The second-order valence-electron chi connectivity index (χ2n) is 7.22. The summed E-state index contributed by atoms with van der Waals surface area (Å²) in [5.41, 5.74) is 2.14. The molecule has 0 saturated carbocycles. The number of carbonyl (C=O) groups excluding carboxylic acids is 2. The highest BCUT2D eigenvalue weighted by Gasteiger charge is 2.41. The molecular weight excluding hydrogens is 405 g/mol. The average Bonchev–Trinajstić information content (AvgIpc) is 2.97. The van der Waals surface area contributed by atoms with Crippen molar-refractivity contribution in [3.05, 3.63) is 101 Å². The fourth-order valence-corrected chi connectivity index (χ4v) is 3.37. The topological polar surface area (TPSA) is 49.4 Å². The van der Waals surface area contributed by atoms with E-state index in [1.165, 1.54) is 12.1 Å². The van der Waals surface area contributed by atoms with E-state index in [4.69, 9.17) is 0 Å². The Balaban J connectivity index is 1.85. The number of rotatable bonds is 4. The zero-order valence-corrected chi connectivity index (χ0v) is 16.7. The van der Waals surface area contributed by atoms with E-state index in [2.05, 4.69) is 5.32 Å². The molecule has 0 aliphatic carbocycles. The van der Waals surface area contributed by atoms with E-state index < -0.39 is 35.0 Å². The van der Waals surface area contributed by atoms with Gasteiger partial charge in [-0.1, -0.05) is 18.2 Å². The Kier molecular flexibility index (Phi) is 5.10. The molecule has 0 unspecified atom stereocenters. The first-order valence-electron chi connectivity index (χ1n) is 9.44. The summed E-state index contributed by atoms with van der Waals surface area (Å²) in [5, 5.41) is 2.94. The summed E-state index contributed by atoms with van der Waals surface area (Å²) < 4.78 is 41.6. The molecule has 2 amide bonds. The van der Waals surface area contributed by atoms with Gasteiger partial charge in [0, 0.05) is 11.8 Å². The summed E-state index contributed by atoms with van der Waals surface area (Å²) in [6.07, 6.45) is 0. The van der Waals surface area contributed by atoms with Gasteiger partial charge in [0.1, 0.15) is 23.1 Å². The van der Waals surface area contributed by atoms with E-state index in [1.807, 2.05) is 19.9 Å². The molecule has 0 aromatic heterocycles. The normalized spacial score (nSPS) is 13.9. The van der Waals surface area contributed by atoms with E-state index in [9.17, 15) is 22.8 Å². The van der Waals surface area contributed by atoms with Crippen LogP contribution in [0.2, 0.25) is 0 Å². The number of imide groups is 1. The Hall–Kier alpha value is -3.87. The predicted octanol–water partition coefficient (Wildman–Crippen LogP) is 5.12. The minimum absolute atomic E-state index is 0.0631. The number of carbonyl (C=O) groups is 2. The highest BCUT2D eigenvalue weighted by molar-refractivity contribution is 6.46. The third-order valence-corrected chi connectivity index (χ3v) is 5.14. The maximum atomic E-state index is 14.4. The number of amides is 2. The van der Waals surface area contributed by atoms with Crippen molar-refractivity contribution in [1.82, 2.24) is 0 Å². The van der Waals surface area contributed by atoms with Crippen LogP contribution >= 0.6 is 0 Å². The molecular formula is C24H17F3N2O2. The van der Waals surface area contributed by atoms with Gasteiger partial charge in [0.2, 0.25) is 0 Å². The number of anilines is 2. The van der Waals surface area contributed by atoms with Gasteiger partial charge in [-0.25, -0.2) is 18.1 Å². The lowest BCUT2D eigenvalue weighted by atomic mass is 10.0. The van der Waals surface area contributed by atoms with Crippen LogP contribution < -0.4 is 10.2 Å². The molecule has 3 aromatic carbocycles. The van der Waals surface area contributed by atoms with Gasteiger partial charge < -0.3 is 5.32 Å². The molecule has 1 N–H and O–H groups in total. The zero-order valence-electron chi connectivity index (χ0n) is 16.7. The quantitative estimate of drug-likeness (QED) is 0.594. The number of halogens is 3. The van der Waals surface area contributed by atoms with Crippen LogP contribution in [0.1, 0.15) is 16.7 Å². The Morgan fingerprint density at radius 3 is 2.10 bits per heavy atom. The van der Waals surface area contributed by atoms with Crippen LogP contribution in [0, 0.1) is 31.3 Å². The molecule has 0 radical (unpaired) electrons. The van der Waals surface area contributed by atoms with Crippen LogP contribution in [0.15, 0.2) is 66.4 Å². The van der Waals surface area contributed by atoms with Gasteiger partial charge in [-0.05, 0) is 66.9 Å². The highest BCUT2D eigenvalue weighted by Crippen LogP contribution is 2.35. The van der Waals surface area contributed by atoms with Crippen molar-refractivity contribution in [3.8, 4) is 0 Å². The summed E-state index contributed by atoms with van der Waals surface area (Å²) in [7, 11) is 0. The lowest BCUT2D eigenvalue weighted by molar-refractivity contribution is -0.120. The standard InChI is InChI=1S/C24H17F3N2O2/c1-13-3-9-18(11-14(13)2)28-22-21(15-4-6-16(25)7-5-15)23(30)29(24(22)31)20-12-17(26)8-10-19(20)27/h3-12,28H,1-2H3. The highest BCUT2D eigenvalue weighted by atomic mass is 19.1. The van der Waals surface area contributed by atoms with E-state index >= 15 is 0 Å². The Morgan fingerprint density at radius 1 is 0.742 bits per heavy atom. The lowest BCUT2D eigenvalue weighted by Gasteiger charge is -2.16. The van der Waals surface area contributed by atoms with Crippen molar-refractivity contribution in [3.63, 3.8) is 0 Å². The molecule has 3 aromatic rings. The second kappa shape index (κ2) is 7.75. The summed E-state index contributed by atoms with van der Waals surface area (Å²) in [6, 6.07) is 12.9. The second-order valence-corrected chi connectivity index (χ2v) is 7.22. The molecule has 1 aliphatic rings. The minimum Gasteiger partial charge on any atom is -0.350 e. The average molecular weight is 422 g/mol. The fraction of sp³-hybridized carbons (Fsp3) is 0.0833. The number of aryl methyl sites for hydroxylation is 2. The molecule has 4 nitrogen and oxygen atoms in total. The lowest BCUT2D eigenvalue weighted by Crippen LogP contribution is -2.33. The largest absolute Gasteiger partial charge is 0.350 e. The minimum atomic E-state index is -0.922. The number of nitrogens with one attached hydrogen (secondary N) is 1. The Morgan fingerprint density at radius 2 is 1.42 bits per heavy atom. The Bertz CT molecular complexity index is 1250. The maximum Gasteiger partial charge on any atom is 0.282 e. The van der Waals surface area contributed by atoms with Crippen LogP contribution in [0.5, 0.6) is 0 Å². The predicted molar refractivity (Wildman–Crippen MR) is 112 cm³/mol. The molecule has 4 rings (SSSR count). The monoisotopic (exact) mass is 422 g/mol. The number of hydrogen-bond donors (Lipinski definition) is 1. The first-order chi connectivity index (χ1) is 14.8. The summed E-state index contributed by atoms with van der Waals surface area (Å²) in [6.45, 7) is 3.83. The molecule has 1 aliphatic heterocycles. The third kappa shape index (κ3) is 3.70. The van der Waals surface area contributed by atoms with Crippen LogP contribution in [-0.2, 0) is 9.59 Å². The summed E-state index contributed by atoms with van der Waals surface area (Å²) in [4.78, 5) is 27.0. The van der Waals surface area contributed by atoms with Crippen LogP contribution in [0.25, 0.3) is 5.57 Å². The molecule has 0 spiro atoms. The van der Waals surface area contributed by atoms with Crippen molar-refractivity contribution in [2.75, 3.05) is 10.2 Å². The van der Waals surface area contributed by atoms with Crippen LogP contribution in [0.3, 0.4) is 0 Å². The van der Waals surface area contributed by atoms with Crippen molar-refractivity contribution >= 4 is 28.8 Å². The molecule has 7 heteroatoms. The zero-order chi connectivity index (χ0) is 22.3.